The highest BCUT2D eigenvalue weighted by molar-refractivity contribution is 6.05. The van der Waals surface area contributed by atoms with Gasteiger partial charge in [-0.3, -0.25) is 4.79 Å². The molecule has 2 rings (SSSR count). The molecule has 0 saturated carbocycles. The second-order valence-electron chi connectivity index (χ2n) is 4.03. The minimum atomic E-state index is -0.807. The SMILES string of the molecule is CNc1nccc(C(=O)Nc2ccc(F)cc2C#N)c1F. The van der Waals surface area contributed by atoms with Gasteiger partial charge in [0, 0.05) is 13.2 Å². The summed E-state index contributed by atoms with van der Waals surface area (Å²) in [5, 5.41) is 13.8. The summed E-state index contributed by atoms with van der Waals surface area (Å²) in [7, 11) is 1.47. The van der Waals surface area contributed by atoms with Gasteiger partial charge >= 0.3 is 0 Å². The third-order valence-electron chi connectivity index (χ3n) is 2.72. The maximum Gasteiger partial charge on any atom is 0.258 e. The molecule has 106 valence electrons. The van der Waals surface area contributed by atoms with Gasteiger partial charge < -0.3 is 10.6 Å². The van der Waals surface area contributed by atoms with Gasteiger partial charge in [0.05, 0.1) is 16.8 Å². The predicted octanol–water partition coefficient (Wildman–Crippen LogP) is 2.53. The van der Waals surface area contributed by atoms with E-state index in [2.05, 4.69) is 15.6 Å². The fourth-order valence-electron chi connectivity index (χ4n) is 1.70. The molecule has 7 heteroatoms. The maximum absolute atomic E-state index is 14.0. The van der Waals surface area contributed by atoms with E-state index in [1.165, 1.54) is 25.4 Å². The smallest absolute Gasteiger partial charge is 0.258 e. The number of hydrogen-bond acceptors (Lipinski definition) is 4. The van der Waals surface area contributed by atoms with Crippen molar-refractivity contribution in [2.45, 2.75) is 0 Å². The number of carbonyl (C=O) groups is 1. The molecule has 2 N–H and O–H groups in total. The molecule has 0 aliphatic heterocycles. The van der Waals surface area contributed by atoms with Crippen LogP contribution in [0.5, 0.6) is 0 Å². The molecule has 0 spiro atoms. The summed E-state index contributed by atoms with van der Waals surface area (Å²) in [4.78, 5) is 15.8. The number of anilines is 2. The number of rotatable bonds is 3. The van der Waals surface area contributed by atoms with E-state index in [1.54, 1.807) is 6.07 Å². The van der Waals surface area contributed by atoms with Gasteiger partial charge in [-0.1, -0.05) is 0 Å². The van der Waals surface area contributed by atoms with Gasteiger partial charge in [0.25, 0.3) is 5.91 Å². The highest BCUT2D eigenvalue weighted by Crippen LogP contribution is 2.19. The topological polar surface area (TPSA) is 77.8 Å². The Hall–Kier alpha value is -3.01. The van der Waals surface area contributed by atoms with Gasteiger partial charge in [-0.15, -0.1) is 0 Å². The molecule has 0 bridgehead atoms. The largest absolute Gasteiger partial charge is 0.371 e. The molecule has 0 atom stereocenters. The monoisotopic (exact) mass is 288 g/mol. The van der Waals surface area contributed by atoms with Gasteiger partial charge in [-0.2, -0.15) is 5.26 Å². The number of amides is 1. The maximum atomic E-state index is 14.0. The van der Waals surface area contributed by atoms with Gasteiger partial charge in [0.15, 0.2) is 11.6 Å². The van der Waals surface area contributed by atoms with E-state index < -0.39 is 17.5 Å². The van der Waals surface area contributed by atoms with Crippen LogP contribution in [0.15, 0.2) is 30.5 Å². The van der Waals surface area contributed by atoms with Crippen molar-refractivity contribution in [1.82, 2.24) is 4.98 Å². The Kier molecular flexibility index (Phi) is 4.09. The summed E-state index contributed by atoms with van der Waals surface area (Å²) in [6.45, 7) is 0. The highest BCUT2D eigenvalue weighted by Gasteiger charge is 2.17. The molecule has 0 aliphatic carbocycles. The fourth-order valence-corrected chi connectivity index (χ4v) is 1.70. The van der Waals surface area contributed by atoms with Crippen molar-refractivity contribution in [2.24, 2.45) is 0 Å². The van der Waals surface area contributed by atoms with E-state index in [9.17, 15) is 13.6 Å². The average molecular weight is 288 g/mol. The predicted molar refractivity (Wildman–Crippen MR) is 72.8 cm³/mol. The number of aromatic nitrogens is 1. The van der Waals surface area contributed by atoms with Crippen molar-refractivity contribution in [3.8, 4) is 6.07 Å². The van der Waals surface area contributed by atoms with Crippen molar-refractivity contribution >= 4 is 17.4 Å². The average Bonchev–Trinajstić information content (AvgIpc) is 2.49. The van der Waals surface area contributed by atoms with E-state index in [1.807, 2.05) is 0 Å². The summed E-state index contributed by atoms with van der Waals surface area (Å²) < 4.78 is 27.0. The minimum Gasteiger partial charge on any atom is -0.371 e. The molecular weight excluding hydrogens is 278 g/mol. The zero-order valence-electron chi connectivity index (χ0n) is 10.9. The first-order valence-electron chi connectivity index (χ1n) is 5.90. The number of nitrogens with one attached hydrogen (secondary N) is 2. The second-order valence-corrected chi connectivity index (χ2v) is 4.03. The molecule has 0 aliphatic rings. The molecule has 0 unspecified atom stereocenters. The van der Waals surface area contributed by atoms with Crippen molar-refractivity contribution in [2.75, 3.05) is 17.7 Å². The lowest BCUT2D eigenvalue weighted by atomic mass is 10.1. The van der Waals surface area contributed by atoms with Crippen LogP contribution < -0.4 is 10.6 Å². The minimum absolute atomic E-state index is 0.0494. The van der Waals surface area contributed by atoms with E-state index >= 15 is 0 Å². The Labute approximate surface area is 119 Å². The third kappa shape index (κ3) is 2.95. The van der Waals surface area contributed by atoms with Gasteiger partial charge in [-0.25, -0.2) is 13.8 Å². The zero-order valence-corrected chi connectivity index (χ0v) is 10.9. The van der Waals surface area contributed by atoms with E-state index in [0.717, 1.165) is 12.1 Å². The molecule has 1 aromatic heterocycles. The van der Waals surface area contributed by atoms with Crippen LogP contribution in [0.2, 0.25) is 0 Å². The first kappa shape index (κ1) is 14.4. The number of nitriles is 1. The molecule has 1 amide bonds. The van der Waals surface area contributed by atoms with Gasteiger partial charge in [0.2, 0.25) is 0 Å². The van der Waals surface area contributed by atoms with Gasteiger partial charge in [0.1, 0.15) is 11.9 Å². The Bertz CT molecular complexity index is 740. The molecule has 21 heavy (non-hydrogen) atoms. The quantitative estimate of drug-likeness (QED) is 0.909. The lowest BCUT2D eigenvalue weighted by Crippen LogP contribution is -2.16. The lowest BCUT2D eigenvalue weighted by molar-refractivity contribution is 0.102. The summed E-state index contributed by atoms with van der Waals surface area (Å²) in [6.07, 6.45) is 1.28. The summed E-state index contributed by atoms with van der Waals surface area (Å²) in [6, 6.07) is 6.29. The normalized spacial score (nSPS) is 9.81. The molecule has 0 fully saturated rings. The Morgan fingerprint density at radius 3 is 2.76 bits per heavy atom. The molecule has 2 aromatic rings. The fraction of sp³-hybridized carbons (Fsp3) is 0.0714. The lowest BCUT2D eigenvalue weighted by Gasteiger charge is -2.09. The van der Waals surface area contributed by atoms with Crippen molar-refractivity contribution < 1.29 is 13.6 Å². The number of carbonyl (C=O) groups excluding carboxylic acids is 1. The summed E-state index contributed by atoms with van der Waals surface area (Å²) in [5.74, 6) is -2.23. The van der Waals surface area contributed by atoms with Crippen LogP contribution in [-0.4, -0.2) is 17.9 Å². The first-order valence-corrected chi connectivity index (χ1v) is 5.90. The van der Waals surface area contributed by atoms with Crippen LogP contribution in [0.1, 0.15) is 15.9 Å². The first-order chi connectivity index (χ1) is 10.1. The van der Waals surface area contributed by atoms with Crippen LogP contribution in [0.3, 0.4) is 0 Å². The van der Waals surface area contributed by atoms with Crippen molar-refractivity contribution in [3.63, 3.8) is 0 Å². The van der Waals surface area contributed by atoms with Crippen LogP contribution in [0, 0.1) is 23.0 Å². The Morgan fingerprint density at radius 2 is 2.10 bits per heavy atom. The second kappa shape index (κ2) is 5.96. The molecule has 1 heterocycles. The summed E-state index contributed by atoms with van der Waals surface area (Å²) >= 11 is 0. The Morgan fingerprint density at radius 1 is 1.33 bits per heavy atom. The van der Waals surface area contributed by atoms with E-state index in [0.29, 0.717) is 0 Å². The van der Waals surface area contributed by atoms with Crippen LogP contribution in [0.25, 0.3) is 0 Å². The molecule has 5 nitrogen and oxygen atoms in total. The van der Waals surface area contributed by atoms with E-state index in [4.69, 9.17) is 5.26 Å². The molecule has 1 aromatic carbocycles. The zero-order chi connectivity index (χ0) is 15.4. The standard InChI is InChI=1S/C14H10F2N4O/c1-18-13-12(16)10(4-5-19-13)14(21)20-11-3-2-9(15)6-8(11)7-17/h2-6H,1H3,(H,18,19)(H,20,21). The highest BCUT2D eigenvalue weighted by atomic mass is 19.1. The molecule has 0 radical (unpaired) electrons. The number of hydrogen-bond donors (Lipinski definition) is 2. The third-order valence-corrected chi connectivity index (χ3v) is 2.72. The summed E-state index contributed by atoms with van der Waals surface area (Å²) in [5.41, 5.74) is -0.180. The number of pyridine rings is 1. The van der Waals surface area contributed by atoms with Crippen LogP contribution in [-0.2, 0) is 0 Å². The number of benzene rings is 1. The number of nitrogens with zero attached hydrogens (tertiary/aromatic N) is 2. The van der Waals surface area contributed by atoms with Gasteiger partial charge in [-0.05, 0) is 24.3 Å². The van der Waals surface area contributed by atoms with Crippen molar-refractivity contribution in [1.29, 1.82) is 5.26 Å². The van der Waals surface area contributed by atoms with Crippen molar-refractivity contribution in [3.05, 3.63) is 53.2 Å². The molecule has 0 saturated heterocycles. The van der Waals surface area contributed by atoms with E-state index in [-0.39, 0.29) is 22.6 Å². The molecular formula is C14H10F2N4O. The van der Waals surface area contributed by atoms with Crippen LogP contribution >= 0.6 is 0 Å². The van der Waals surface area contributed by atoms with Crippen LogP contribution in [0.4, 0.5) is 20.3 Å². The Balaban J connectivity index is 2.33. The number of halogens is 2.